The molecule has 6 nitrogen and oxygen atoms in total. The van der Waals surface area contributed by atoms with Crippen LogP contribution in [0.2, 0.25) is 0 Å². The first-order valence-corrected chi connectivity index (χ1v) is 8.13. The highest BCUT2D eigenvalue weighted by Gasteiger charge is 2.17. The molecule has 0 aliphatic carbocycles. The number of halogens is 1. The number of phenolic OH excluding ortho intramolecular Hbond substituents is 1. The van der Waals surface area contributed by atoms with E-state index in [1.165, 1.54) is 19.3 Å². The van der Waals surface area contributed by atoms with E-state index in [2.05, 4.69) is 21.2 Å². The molecule has 0 atom stereocenters. The molecule has 1 amide bonds. The largest absolute Gasteiger partial charge is 0.504 e. The average molecular weight is 404 g/mol. The second-order valence-corrected chi connectivity index (χ2v) is 6.15. The van der Waals surface area contributed by atoms with Gasteiger partial charge in [0, 0.05) is 10.0 Å². The van der Waals surface area contributed by atoms with Gasteiger partial charge in [-0.1, -0.05) is 15.9 Å². The first kappa shape index (κ1) is 17.0. The molecule has 1 heterocycles. The summed E-state index contributed by atoms with van der Waals surface area (Å²) in [5.74, 6) is 0.338. The van der Waals surface area contributed by atoms with Crippen LogP contribution in [-0.2, 0) is 4.79 Å². The number of nitrogens with one attached hydrogen (secondary N) is 1. The maximum atomic E-state index is 12.4. The number of hydrogen-bond acceptors (Lipinski definition) is 5. The van der Waals surface area contributed by atoms with Crippen molar-refractivity contribution >= 4 is 39.4 Å². The van der Waals surface area contributed by atoms with Gasteiger partial charge in [-0.3, -0.25) is 9.59 Å². The van der Waals surface area contributed by atoms with Crippen molar-refractivity contribution in [2.75, 3.05) is 19.0 Å². The first-order chi connectivity index (χ1) is 12.0. The molecule has 2 N–H and O–H groups in total. The van der Waals surface area contributed by atoms with E-state index in [-0.39, 0.29) is 24.0 Å². The minimum Gasteiger partial charge on any atom is -0.504 e. The minimum absolute atomic E-state index is 0.0218. The van der Waals surface area contributed by atoms with Gasteiger partial charge in [0.25, 0.3) is 5.91 Å². The summed E-state index contributed by atoms with van der Waals surface area (Å²) in [6, 6.07) is 7.95. The molecule has 7 heteroatoms. The number of carbonyl (C=O) groups is 2. The van der Waals surface area contributed by atoms with Crippen LogP contribution >= 0.6 is 15.9 Å². The maximum Gasteiger partial charge on any atom is 0.262 e. The van der Waals surface area contributed by atoms with E-state index in [9.17, 15) is 14.7 Å². The predicted octanol–water partition coefficient (Wildman–Crippen LogP) is 3.39. The molecule has 0 saturated heterocycles. The van der Waals surface area contributed by atoms with Crippen LogP contribution in [0.15, 0.2) is 40.9 Å². The summed E-state index contributed by atoms with van der Waals surface area (Å²) in [7, 11) is 1.46. The molecule has 1 aliphatic rings. The van der Waals surface area contributed by atoms with Gasteiger partial charge in [-0.2, -0.15) is 0 Å². The highest BCUT2D eigenvalue weighted by atomic mass is 79.9. The van der Waals surface area contributed by atoms with Crippen molar-refractivity contribution in [3.63, 3.8) is 0 Å². The van der Waals surface area contributed by atoms with Crippen LogP contribution in [0.3, 0.4) is 0 Å². The van der Waals surface area contributed by atoms with Crippen molar-refractivity contribution in [3.05, 3.63) is 52.0 Å². The molecule has 0 aromatic heterocycles. The summed E-state index contributed by atoms with van der Waals surface area (Å²) >= 11 is 3.37. The minimum atomic E-state index is -0.259. The molecule has 0 bridgehead atoms. The standard InChI is InChI=1S/C18H14BrNO5/c1-24-17-8-12(19)10(7-15(17)22)2-4-14(21)11-3-5-16-13(6-11)20-18(23)9-25-16/h2-8,22H,9H2,1H3,(H,20,23)/b4-2+. The van der Waals surface area contributed by atoms with Crippen molar-refractivity contribution < 1.29 is 24.2 Å². The van der Waals surface area contributed by atoms with Crippen LogP contribution in [0, 0.1) is 0 Å². The van der Waals surface area contributed by atoms with Crippen LogP contribution in [0.4, 0.5) is 5.69 Å². The zero-order valence-corrected chi connectivity index (χ0v) is 14.8. The highest BCUT2D eigenvalue weighted by molar-refractivity contribution is 9.10. The molecule has 0 saturated carbocycles. The van der Waals surface area contributed by atoms with Crippen molar-refractivity contribution in [3.8, 4) is 17.2 Å². The summed E-state index contributed by atoms with van der Waals surface area (Å²) in [5.41, 5.74) is 1.51. The van der Waals surface area contributed by atoms with Gasteiger partial charge in [-0.25, -0.2) is 0 Å². The van der Waals surface area contributed by atoms with Crippen LogP contribution in [-0.4, -0.2) is 30.5 Å². The van der Waals surface area contributed by atoms with Gasteiger partial charge in [0.2, 0.25) is 0 Å². The van der Waals surface area contributed by atoms with Crippen LogP contribution < -0.4 is 14.8 Å². The molecule has 0 spiro atoms. The van der Waals surface area contributed by atoms with Crippen molar-refractivity contribution in [2.24, 2.45) is 0 Å². The Bertz CT molecular complexity index is 891. The fraction of sp³-hybridized carbons (Fsp3) is 0.111. The van der Waals surface area contributed by atoms with Crippen molar-refractivity contribution in [2.45, 2.75) is 0 Å². The second kappa shape index (κ2) is 6.98. The molecule has 2 aromatic rings. The van der Waals surface area contributed by atoms with E-state index in [1.807, 2.05) is 0 Å². The number of rotatable bonds is 4. The van der Waals surface area contributed by atoms with Crippen LogP contribution in [0.5, 0.6) is 17.2 Å². The third kappa shape index (κ3) is 3.66. The highest BCUT2D eigenvalue weighted by Crippen LogP contribution is 2.33. The zero-order chi connectivity index (χ0) is 18.0. The number of ether oxygens (including phenoxy) is 2. The van der Waals surface area contributed by atoms with Crippen LogP contribution in [0.25, 0.3) is 6.08 Å². The molecule has 0 unspecified atom stereocenters. The molecule has 0 radical (unpaired) electrons. The topological polar surface area (TPSA) is 84.9 Å². The van der Waals surface area contributed by atoms with Gasteiger partial charge in [-0.15, -0.1) is 0 Å². The third-order valence-electron chi connectivity index (χ3n) is 3.61. The smallest absolute Gasteiger partial charge is 0.262 e. The molecular formula is C18H14BrNO5. The second-order valence-electron chi connectivity index (χ2n) is 5.29. The number of methoxy groups -OCH3 is 1. The Morgan fingerprint density at radius 3 is 2.92 bits per heavy atom. The van der Waals surface area contributed by atoms with Gasteiger partial charge in [0.05, 0.1) is 12.8 Å². The fourth-order valence-electron chi connectivity index (χ4n) is 2.35. The Kier molecular flexibility index (Phi) is 4.76. The Morgan fingerprint density at radius 1 is 1.36 bits per heavy atom. The van der Waals surface area contributed by atoms with Gasteiger partial charge in [0.15, 0.2) is 23.9 Å². The number of hydrogen-bond donors (Lipinski definition) is 2. The monoisotopic (exact) mass is 403 g/mol. The van der Waals surface area contributed by atoms with Gasteiger partial charge in [0.1, 0.15) is 5.75 Å². The van der Waals surface area contributed by atoms with E-state index < -0.39 is 0 Å². The lowest BCUT2D eigenvalue weighted by molar-refractivity contribution is -0.118. The Labute approximate surface area is 152 Å². The first-order valence-electron chi connectivity index (χ1n) is 7.33. The number of ketones is 1. The van der Waals surface area contributed by atoms with Gasteiger partial charge in [-0.05, 0) is 48.0 Å². The Morgan fingerprint density at radius 2 is 2.16 bits per heavy atom. The Hall–Kier alpha value is -2.80. The number of allylic oxidation sites excluding steroid dienone is 1. The summed E-state index contributed by atoms with van der Waals surface area (Å²) in [5, 5.41) is 12.5. The fourth-order valence-corrected chi connectivity index (χ4v) is 2.80. The molecule has 2 aromatic carbocycles. The average Bonchev–Trinajstić information content (AvgIpc) is 2.61. The molecule has 128 valence electrons. The number of amides is 1. The number of carbonyl (C=O) groups excluding carboxylic acids is 2. The summed E-state index contributed by atoms with van der Waals surface area (Å²) in [6.45, 7) is -0.0326. The number of benzene rings is 2. The van der Waals surface area contributed by atoms with Gasteiger partial charge >= 0.3 is 0 Å². The van der Waals surface area contributed by atoms with Crippen molar-refractivity contribution in [1.82, 2.24) is 0 Å². The number of phenols is 1. The van der Waals surface area contributed by atoms with Gasteiger partial charge < -0.3 is 19.9 Å². The zero-order valence-electron chi connectivity index (χ0n) is 13.2. The number of fused-ring (bicyclic) bond motifs is 1. The van der Waals surface area contributed by atoms with E-state index in [1.54, 1.807) is 30.3 Å². The van der Waals surface area contributed by atoms with E-state index in [0.29, 0.717) is 32.8 Å². The van der Waals surface area contributed by atoms with E-state index in [0.717, 1.165) is 0 Å². The lowest BCUT2D eigenvalue weighted by Gasteiger charge is -2.17. The Balaban J connectivity index is 1.83. The SMILES string of the molecule is COc1cc(Br)c(/C=C/C(=O)c2ccc3c(c2)NC(=O)CO3)cc1O. The quantitative estimate of drug-likeness (QED) is 0.603. The normalized spacial score (nSPS) is 13.1. The molecule has 0 fully saturated rings. The molecule has 1 aliphatic heterocycles. The summed E-state index contributed by atoms with van der Waals surface area (Å²) < 4.78 is 11.0. The summed E-state index contributed by atoms with van der Waals surface area (Å²) in [6.07, 6.45) is 2.97. The molecule has 3 rings (SSSR count). The number of anilines is 1. The predicted molar refractivity (Wildman–Crippen MR) is 96.3 cm³/mol. The summed E-state index contributed by atoms with van der Waals surface area (Å²) in [4.78, 5) is 23.7. The maximum absolute atomic E-state index is 12.4. The third-order valence-corrected chi connectivity index (χ3v) is 4.30. The lowest BCUT2D eigenvalue weighted by Crippen LogP contribution is -2.25. The van der Waals surface area contributed by atoms with Crippen molar-refractivity contribution in [1.29, 1.82) is 0 Å². The van der Waals surface area contributed by atoms with E-state index in [4.69, 9.17) is 9.47 Å². The molecular weight excluding hydrogens is 390 g/mol. The van der Waals surface area contributed by atoms with Crippen LogP contribution in [0.1, 0.15) is 15.9 Å². The van der Waals surface area contributed by atoms with E-state index >= 15 is 0 Å². The number of aromatic hydroxyl groups is 1. The molecule has 25 heavy (non-hydrogen) atoms. The lowest BCUT2D eigenvalue weighted by atomic mass is 10.1.